The molecule has 1 aromatic carbocycles. The Kier molecular flexibility index (Phi) is 3.57. The molecule has 3 rings (SSSR count). The number of hydrogen-bond donors (Lipinski definition) is 1. The van der Waals surface area contributed by atoms with Gasteiger partial charge < -0.3 is 5.11 Å². The topological polar surface area (TPSA) is 50.2 Å². The van der Waals surface area contributed by atoms with Crippen molar-refractivity contribution in [2.75, 3.05) is 0 Å². The molecule has 0 saturated heterocycles. The Balaban J connectivity index is 1.79. The predicted molar refractivity (Wildman–Crippen MR) is 79.5 cm³/mol. The van der Waals surface area contributed by atoms with E-state index < -0.39 is 5.97 Å². The standard InChI is InChI=1S/C16H17NO2S/c1-10-14(9-16(18)19)20-15(17-10)8-11-5-6-12-3-2-4-13(12)7-11/h5-7H,2-4,8-9H2,1H3,(H,18,19). The molecule has 1 N–H and O–H groups in total. The average molecular weight is 287 g/mol. The van der Waals surface area contributed by atoms with Gasteiger partial charge in [-0.15, -0.1) is 11.3 Å². The number of rotatable bonds is 4. The van der Waals surface area contributed by atoms with Crippen molar-refractivity contribution in [1.82, 2.24) is 4.98 Å². The van der Waals surface area contributed by atoms with E-state index in [2.05, 4.69) is 23.2 Å². The van der Waals surface area contributed by atoms with E-state index in [4.69, 9.17) is 5.11 Å². The lowest BCUT2D eigenvalue weighted by Gasteiger charge is -2.03. The molecular formula is C16H17NO2S. The minimum absolute atomic E-state index is 0.0771. The van der Waals surface area contributed by atoms with Gasteiger partial charge in [0.05, 0.1) is 17.1 Å². The third-order valence-electron chi connectivity index (χ3n) is 3.77. The summed E-state index contributed by atoms with van der Waals surface area (Å²) in [6, 6.07) is 6.70. The van der Waals surface area contributed by atoms with Crippen LogP contribution < -0.4 is 0 Å². The van der Waals surface area contributed by atoms with Crippen LogP contribution in [0, 0.1) is 6.92 Å². The Hall–Kier alpha value is -1.68. The van der Waals surface area contributed by atoms with Gasteiger partial charge >= 0.3 is 5.97 Å². The predicted octanol–water partition coefficient (Wildman–Crippen LogP) is 3.16. The first-order valence-electron chi connectivity index (χ1n) is 6.89. The normalized spacial score (nSPS) is 13.4. The second-order valence-corrected chi connectivity index (χ2v) is 6.49. The van der Waals surface area contributed by atoms with Gasteiger partial charge in [-0.3, -0.25) is 4.79 Å². The van der Waals surface area contributed by atoms with Crippen molar-refractivity contribution in [3.8, 4) is 0 Å². The van der Waals surface area contributed by atoms with E-state index in [1.165, 1.54) is 47.3 Å². The van der Waals surface area contributed by atoms with Crippen LogP contribution >= 0.6 is 11.3 Å². The van der Waals surface area contributed by atoms with Crippen molar-refractivity contribution in [3.05, 3.63) is 50.5 Å². The van der Waals surface area contributed by atoms with Gasteiger partial charge in [-0.1, -0.05) is 18.2 Å². The number of hydrogen-bond acceptors (Lipinski definition) is 3. The maximum atomic E-state index is 10.8. The minimum Gasteiger partial charge on any atom is -0.481 e. The van der Waals surface area contributed by atoms with Crippen LogP contribution in [0.25, 0.3) is 0 Å². The Morgan fingerprint density at radius 3 is 2.95 bits per heavy atom. The van der Waals surface area contributed by atoms with E-state index in [9.17, 15) is 4.79 Å². The molecule has 1 aromatic heterocycles. The first-order valence-corrected chi connectivity index (χ1v) is 7.71. The molecule has 104 valence electrons. The van der Waals surface area contributed by atoms with E-state index in [1.807, 2.05) is 6.92 Å². The van der Waals surface area contributed by atoms with Gasteiger partial charge in [0.15, 0.2) is 0 Å². The number of benzene rings is 1. The lowest BCUT2D eigenvalue weighted by atomic mass is 10.0. The van der Waals surface area contributed by atoms with E-state index in [-0.39, 0.29) is 6.42 Å². The van der Waals surface area contributed by atoms with Crippen molar-refractivity contribution in [2.45, 2.75) is 39.0 Å². The maximum absolute atomic E-state index is 10.8. The zero-order valence-electron chi connectivity index (χ0n) is 11.5. The molecule has 0 saturated carbocycles. The number of nitrogens with zero attached hydrogens (tertiary/aromatic N) is 1. The van der Waals surface area contributed by atoms with E-state index in [0.29, 0.717) is 0 Å². The molecule has 4 heteroatoms. The lowest BCUT2D eigenvalue weighted by molar-refractivity contribution is -0.136. The second-order valence-electron chi connectivity index (χ2n) is 5.32. The minimum atomic E-state index is -0.791. The zero-order valence-corrected chi connectivity index (χ0v) is 12.3. The Bertz CT molecular complexity index is 660. The molecule has 0 spiro atoms. The Morgan fingerprint density at radius 2 is 2.15 bits per heavy atom. The molecule has 0 amide bonds. The van der Waals surface area contributed by atoms with Gasteiger partial charge in [-0.2, -0.15) is 0 Å². The fraction of sp³-hybridized carbons (Fsp3) is 0.375. The van der Waals surface area contributed by atoms with E-state index >= 15 is 0 Å². The van der Waals surface area contributed by atoms with Crippen LogP contribution in [0.2, 0.25) is 0 Å². The fourth-order valence-electron chi connectivity index (χ4n) is 2.78. The van der Waals surface area contributed by atoms with Crippen LogP contribution in [-0.2, 0) is 30.5 Å². The lowest BCUT2D eigenvalue weighted by Crippen LogP contribution is -1.99. The SMILES string of the molecule is Cc1nc(Cc2ccc3c(c2)CCC3)sc1CC(=O)O. The van der Waals surface area contributed by atoms with Crippen molar-refractivity contribution in [3.63, 3.8) is 0 Å². The first kappa shape index (κ1) is 13.3. The average Bonchev–Trinajstić information content (AvgIpc) is 2.96. The zero-order chi connectivity index (χ0) is 14.1. The smallest absolute Gasteiger partial charge is 0.308 e. The van der Waals surface area contributed by atoms with E-state index in [0.717, 1.165) is 22.0 Å². The molecule has 2 aromatic rings. The molecule has 0 unspecified atom stereocenters. The highest BCUT2D eigenvalue weighted by atomic mass is 32.1. The molecule has 0 bridgehead atoms. The molecule has 0 radical (unpaired) electrons. The Labute approximate surface area is 122 Å². The van der Waals surface area contributed by atoms with E-state index in [1.54, 1.807) is 0 Å². The molecule has 1 heterocycles. The molecule has 20 heavy (non-hydrogen) atoms. The molecule has 1 aliphatic rings. The number of carboxylic acid groups (broad SMARTS) is 1. The van der Waals surface area contributed by atoms with Crippen molar-refractivity contribution >= 4 is 17.3 Å². The van der Waals surface area contributed by atoms with Gasteiger partial charge in [0, 0.05) is 11.3 Å². The summed E-state index contributed by atoms with van der Waals surface area (Å²) >= 11 is 1.52. The van der Waals surface area contributed by atoms with Crippen LogP contribution in [0.3, 0.4) is 0 Å². The summed E-state index contributed by atoms with van der Waals surface area (Å²) in [5.74, 6) is -0.791. The molecule has 1 aliphatic carbocycles. The number of aromatic nitrogens is 1. The summed E-state index contributed by atoms with van der Waals surface area (Å²) in [4.78, 5) is 16.2. The molecule has 3 nitrogen and oxygen atoms in total. The Morgan fingerprint density at radius 1 is 1.35 bits per heavy atom. The van der Waals surface area contributed by atoms with Crippen molar-refractivity contribution in [1.29, 1.82) is 0 Å². The van der Waals surface area contributed by atoms with Gasteiger partial charge in [0.25, 0.3) is 0 Å². The van der Waals surface area contributed by atoms with Crippen molar-refractivity contribution < 1.29 is 9.90 Å². The van der Waals surface area contributed by atoms with Crippen molar-refractivity contribution in [2.24, 2.45) is 0 Å². The highest BCUT2D eigenvalue weighted by molar-refractivity contribution is 7.11. The van der Waals surface area contributed by atoms with Gasteiger partial charge in [-0.25, -0.2) is 4.98 Å². The maximum Gasteiger partial charge on any atom is 0.308 e. The van der Waals surface area contributed by atoms with Crippen LogP contribution in [0.15, 0.2) is 18.2 Å². The highest BCUT2D eigenvalue weighted by Gasteiger charge is 2.14. The largest absolute Gasteiger partial charge is 0.481 e. The molecule has 0 aliphatic heterocycles. The first-order chi connectivity index (χ1) is 9.61. The number of aliphatic carboxylic acids is 1. The monoisotopic (exact) mass is 287 g/mol. The summed E-state index contributed by atoms with van der Waals surface area (Å²) in [7, 11) is 0. The number of carbonyl (C=O) groups is 1. The second kappa shape index (κ2) is 5.37. The van der Waals surface area contributed by atoms with Crippen LogP contribution in [-0.4, -0.2) is 16.1 Å². The number of thiazole rings is 1. The summed E-state index contributed by atoms with van der Waals surface area (Å²) in [5.41, 5.74) is 5.09. The molecular weight excluding hydrogens is 270 g/mol. The summed E-state index contributed by atoms with van der Waals surface area (Å²) in [5, 5.41) is 9.89. The number of aryl methyl sites for hydroxylation is 3. The quantitative estimate of drug-likeness (QED) is 0.939. The summed E-state index contributed by atoms with van der Waals surface area (Å²) < 4.78 is 0. The van der Waals surface area contributed by atoms with Gasteiger partial charge in [0.1, 0.15) is 0 Å². The highest BCUT2D eigenvalue weighted by Crippen LogP contribution is 2.26. The summed E-state index contributed by atoms with van der Waals surface area (Å²) in [6.45, 7) is 1.89. The summed E-state index contributed by atoms with van der Waals surface area (Å²) in [6.07, 6.45) is 4.53. The third kappa shape index (κ3) is 2.75. The molecule has 0 fully saturated rings. The number of carboxylic acids is 1. The molecule has 0 atom stereocenters. The van der Waals surface area contributed by atoms with Crippen LogP contribution in [0.1, 0.15) is 38.7 Å². The van der Waals surface area contributed by atoms with Crippen LogP contribution in [0.5, 0.6) is 0 Å². The van der Waals surface area contributed by atoms with Gasteiger partial charge in [-0.05, 0) is 42.9 Å². The van der Waals surface area contributed by atoms with Crippen LogP contribution in [0.4, 0.5) is 0 Å². The third-order valence-corrected chi connectivity index (χ3v) is 4.92. The number of fused-ring (bicyclic) bond motifs is 1. The van der Waals surface area contributed by atoms with Gasteiger partial charge in [0.2, 0.25) is 0 Å². The fourth-order valence-corrected chi connectivity index (χ4v) is 3.87.